The van der Waals surface area contributed by atoms with E-state index < -0.39 is 0 Å². The highest BCUT2D eigenvalue weighted by Gasteiger charge is 2.02. The predicted octanol–water partition coefficient (Wildman–Crippen LogP) is 0.819. The van der Waals surface area contributed by atoms with E-state index in [1.54, 1.807) is 13.2 Å². The van der Waals surface area contributed by atoms with Crippen molar-refractivity contribution in [2.75, 3.05) is 20.7 Å². The molecule has 7 nitrogen and oxygen atoms in total. The minimum absolute atomic E-state index is 0.142. The Balaban J connectivity index is 2.12. The zero-order valence-corrected chi connectivity index (χ0v) is 13.1. The number of carbonyl (C=O) groups is 1. The summed E-state index contributed by atoms with van der Waals surface area (Å²) < 4.78 is 6.43. The van der Waals surface area contributed by atoms with Crippen molar-refractivity contribution in [3.8, 4) is 0 Å². The summed E-state index contributed by atoms with van der Waals surface area (Å²) in [6, 6.07) is 1.97. The number of aryl methyl sites for hydroxylation is 1. The van der Waals surface area contributed by atoms with Crippen LogP contribution in [0.4, 0.5) is 0 Å². The van der Waals surface area contributed by atoms with Crippen LogP contribution in [0, 0.1) is 0 Å². The van der Waals surface area contributed by atoms with Crippen molar-refractivity contribution in [1.29, 1.82) is 0 Å². The first kappa shape index (κ1) is 17.0. The second-order valence-electron chi connectivity index (χ2n) is 4.69. The van der Waals surface area contributed by atoms with E-state index in [0.29, 0.717) is 13.0 Å². The molecule has 1 aromatic rings. The molecule has 0 unspecified atom stereocenters. The number of unbranched alkanes of at least 4 members (excludes halogenated alkanes) is 2. The van der Waals surface area contributed by atoms with Crippen LogP contribution in [0.2, 0.25) is 0 Å². The van der Waals surface area contributed by atoms with E-state index >= 15 is 0 Å². The van der Waals surface area contributed by atoms with Gasteiger partial charge in [-0.1, -0.05) is 6.42 Å². The van der Waals surface area contributed by atoms with E-state index in [-0.39, 0.29) is 5.97 Å². The van der Waals surface area contributed by atoms with Gasteiger partial charge in [0.25, 0.3) is 0 Å². The molecule has 21 heavy (non-hydrogen) atoms. The first-order valence-electron chi connectivity index (χ1n) is 7.15. The fraction of sp³-hybridized carbons (Fsp3) is 0.643. The van der Waals surface area contributed by atoms with E-state index in [1.165, 1.54) is 7.11 Å². The van der Waals surface area contributed by atoms with Gasteiger partial charge in [-0.25, -0.2) is 0 Å². The van der Waals surface area contributed by atoms with Crippen LogP contribution >= 0.6 is 0 Å². The Morgan fingerprint density at radius 2 is 2.19 bits per heavy atom. The molecule has 0 aliphatic heterocycles. The Kier molecular flexibility index (Phi) is 7.93. The molecule has 0 aliphatic rings. The molecular weight excluding hydrogens is 270 g/mol. The molecule has 1 rings (SSSR count). The highest BCUT2D eigenvalue weighted by atomic mass is 16.5. The molecule has 0 fully saturated rings. The van der Waals surface area contributed by atoms with Crippen molar-refractivity contribution in [3.05, 3.63) is 18.0 Å². The first-order chi connectivity index (χ1) is 10.2. The van der Waals surface area contributed by atoms with Crippen molar-refractivity contribution in [1.82, 2.24) is 20.4 Å². The summed E-state index contributed by atoms with van der Waals surface area (Å²) >= 11 is 0. The smallest absolute Gasteiger partial charge is 0.305 e. The van der Waals surface area contributed by atoms with Crippen LogP contribution in [-0.4, -0.2) is 42.4 Å². The minimum atomic E-state index is -0.142. The lowest BCUT2D eigenvalue weighted by atomic mass is 10.2. The molecule has 2 N–H and O–H groups in total. The maximum atomic E-state index is 11.0. The fourth-order valence-electron chi connectivity index (χ4n) is 1.85. The number of nitrogens with one attached hydrogen (secondary N) is 2. The second kappa shape index (κ2) is 9.79. The number of guanidine groups is 1. The SMILES string of the molecule is CN=C(NCCCCCC(=O)OC)NCc1ccnn1C. The van der Waals surface area contributed by atoms with Crippen molar-refractivity contribution >= 4 is 11.9 Å². The number of hydrogen-bond donors (Lipinski definition) is 2. The van der Waals surface area contributed by atoms with Crippen LogP contribution in [-0.2, 0) is 23.1 Å². The summed E-state index contributed by atoms with van der Waals surface area (Å²) in [7, 11) is 5.08. The highest BCUT2D eigenvalue weighted by Crippen LogP contribution is 2.00. The van der Waals surface area contributed by atoms with Crippen molar-refractivity contribution in [2.24, 2.45) is 12.0 Å². The van der Waals surface area contributed by atoms with Crippen LogP contribution in [0.3, 0.4) is 0 Å². The Morgan fingerprint density at radius 3 is 2.81 bits per heavy atom. The third-order valence-electron chi connectivity index (χ3n) is 3.16. The van der Waals surface area contributed by atoms with Gasteiger partial charge in [0, 0.05) is 33.3 Å². The standard InChI is InChI=1S/C14H25N5O2/c1-15-14(17-11-12-8-10-18-19(12)2)16-9-6-4-5-7-13(20)21-3/h8,10H,4-7,9,11H2,1-3H3,(H2,15,16,17). The quantitative estimate of drug-likeness (QED) is 0.321. The molecule has 0 spiro atoms. The van der Waals surface area contributed by atoms with E-state index in [1.807, 2.05) is 17.8 Å². The summed E-state index contributed by atoms with van der Waals surface area (Å²) in [5.41, 5.74) is 1.09. The minimum Gasteiger partial charge on any atom is -0.469 e. The Labute approximate surface area is 125 Å². The van der Waals surface area contributed by atoms with Crippen LogP contribution < -0.4 is 10.6 Å². The molecule has 0 saturated carbocycles. The van der Waals surface area contributed by atoms with Gasteiger partial charge in [-0.05, 0) is 18.9 Å². The molecule has 0 aliphatic carbocycles. The molecule has 1 aromatic heterocycles. The third kappa shape index (κ3) is 6.78. The van der Waals surface area contributed by atoms with E-state index in [9.17, 15) is 4.79 Å². The normalized spacial score (nSPS) is 11.3. The zero-order chi connectivity index (χ0) is 15.5. The van der Waals surface area contributed by atoms with Gasteiger partial charge in [-0.3, -0.25) is 14.5 Å². The molecule has 0 amide bonds. The lowest BCUT2D eigenvalue weighted by Gasteiger charge is -2.11. The highest BCUT2D eigenvalue weighted by molar-refractivity contribution is 5.79. The molecule has 0 aromatic carbocycles. The predicted molar refractivity (Wildman–Crippen MR) is 81.9 cm³/mol. The van der Waals surface area contributed by atoms with Crippen molar-refractivity contribution < 1.29 is 9.53 Å². The molecule has 118 valence electrons. The van der Waals surface area contributed by atoms with Gasteiger partial charge in [0.15, 0.2) is 5.96 Å². The van der Waals surface area contributed by atoms with E-state index in [4.69, 9.17) is 0 Å². The average Bonchev–Trinajstić information content (AvgIpc) is 2.90. The summed E-state index contributed by atoms with van der Waals surface area (Å²) in [5.74, 6) is 0.626. The molecular formula is C14H25N5O2. The van der Waals surface area contributed by atoms with E-state index in [0.717, 1.165) is 37.5 Å². The van der Waals surface area contributed by atoms with Gasteiger partial charge < -0.3 is 15.4 Å². The van der Waals surface area contributed by atoms with Crippen LogP contribution in [0.1, 0.15) is 31.4 Å². The number of esters is 1. The maximum absolute atomic E-state index is 11.0. The summed E-state index contributed by atoms with van der Waals surface area (Å²) in [6.45, 7) is 1.50. The number of nitrogens with zero attached hydrogens (tertiary/aromatic N) is 3. The maximum Gasteiger partial charge on any atom is 0.305 e. The summed E-state index contributed by atoms with van der Waals surface area (Å²) in [6.07, 6.45) is 5.10. The number of methoxy groups -OCH3 is 1. The lowest BCUT2D eigenvalue weighted by Crippen LogP contribution is -2.37. The Morgan fingerprint density at radius 1 is 1.38 bits per heavy atom. The first-order valence-corrected chi connectivity index (χ1v) is 7.15. The number of rotatable bonds is 8. The largest absolute Gasteiger partial charge is 0.469 e. The van der Waals surface area contributed by atoms with Crippen LogP contribution in [0.5, 0.6) is 0 Å². The number of aliphatic imine (C=N–C) groups is 1. The van der Waals surface area contributed by atoms with Gasteiger partial charge in [0.2, 0.25) is 0 Å². The molecule has 7 heteroatoms. The fourth-order valence-corrected chi connectivity index (χ4v) is 1.85. The number of carbonyl (C=O) groups excluding carboxylic acids is 1. The monoisotopic (exact) mass is 295 g/mol. The number of aromatic nitrogens is 2. The molecule has 0 radical (unpaired) electrons. The lowest BCUT2D eigenvalue weighted by molar-refractivity contribution is -0.140. The molecule has 0 saturated heterocycles. The topological polar surface area (TPSA) is 80.5 Å². The summed E-state index contributed by atoms with van der Waals surface area (Å²) in [5, 5.41) is 10.6. The average molecular weight is 295 g/mol. The van der Waals surface area contributed by atoms with Crippen molar-refractivity contribution in [2.45, 2.75) is 32.2 Å². The van der Waals surface area contributed by atoms with Gasteiger partial charge in [-0.2, -0.15) is 5.10 Å². The van der Waals surface area contributed by atoms with Crippen LogP contribution in [0.25, 0.3) is 0 Å². The Hall–Kier alpha value is -2.05. The summed E-state index contributed by atoms with van der Waals surface area (Å²) in [4.78, 5) is 15.1. The molecule has 0 bridgehead atoms. The van der Waals surface area contributed by atoms with Crippen molar-refractivity contribution in [3.63, 3.8) is 0 Å². The van der Waals surface area contributed by atoms with Gasteiger partial charge in [-0.15, -0.1) is 0 Å². The van der Waals surface area contributed by atoms with Gasteiger partial charge in [0.1, 0.15) is 0 Å². The number of hydrogen-bond acceptors (Lipinski definition) is 4. The van der Waals surface area contributed by atoms with E-state index in [2.05, 4.69) is 25.5 Å². The second-order valence-corrected chi connectivity index (χ2v) is 4.69. The molecule has 0 atom stereocenters. The third-order valence-corrected chi connectivity index (χ3v) is 3.16. The zero-order valence-electron chi connectivity index (χ0n) is 13.1. The van der Waals surface area contributed by atoms with Gasteiger partial charge >= 0.3 is 5.97 Å². The van der Waals surface area contributed by atoms with Crippen LogP contribution in [0.15, 0.2) is 17.3 Å². The number of ether oxygens (including phenoxy) is 1. The Bertz CT molecular complexity index is 456. The van der Waals surface area contributed by atoms with Gasteiger partial charge in [0.05, 0.1) is 19.3 Å². The molecule has 1 heterocycles.